The molecule has 0 saturated carbocycles. The average molecular weight is 567 g/mol. The summed E-state index contributed by atoms with van der Waals surface area (Å²) in [5.74, 6) is 0.939. The van der Waals surface area contributed by atoms with Crippen LogP contribution in [0.15, 0.2) is 0 Å². The maximum atomic E-state index is 3.55. The first-order valence-electron chi connectivity index (χ1n) is 18.9. The lowest BCUT2D eigenvalue weighted by atomic mass is 9.77. The quantitative estimate of drug-likeness (QED) is 0.0547. The van der Waals surface area contributed by atoms with Gasteiger partial charge in [-0.05, 0) is 36.8 Å². The molecular formula is C38H79P. The molecule has 236 valence electrons. The second-order valence-corrected chi connectivity index (χ2v) is 14.6. The van der Waals surface area contributed by atoms with Crippen LogP contribution in [0.1, 0.15) is 233 Å². The Morgan fingerprint density at radius 2 is 0.564 bits per heavy atom. The zero-order chi connectivity index (χ0) is 28.7. The summed E-state index contributed by atoms with van der Waals surface area (Å²) in [5, 5.41) is 0.512. The number of unbranched alkanes of at least 4 members (excludes halogenated alkanes) is 24. The van der Waals surface area contributed by atoms with Gasteiger partial charge < -0.3 is 0 Å². The molecule has 2 atom stereocenters. The molecule has 0 aliphatic heterocycles. The highest BCUT2D eigenvalue weighted by Crippen LogP contribution is 2.44. The van der Waals surface area contributed by atoms with Crippen LogP contribution in [-0.4, -0.2) is 5.16 Å². The van der Waals surface area contributed by atoms with E-state index in [0.29, 0.717) is 5.16 Å². The van der Waals surface area contributed by atoms with Gasteiger partial charge >= 0.3 is 0 Å². The van der Waals surface area contributed by atoms with Crippen LogP contribution in [0, 0.1) is 5.92 Å². The SMILES string of the molecule is CCCCCCCCCCCCC(CCCCCCCC)C(P)(CCCCCCCC)CCCCCCCC. The van der Waals surface area contributed by atoms with Crippen LogP contribution < -0.4 is 0 Å². The summed E-state index contributed by atoms with van der Waals surface area (Å²) in [5.41, 5.74) is 0. The molecule has 0 aromatic rings. The summed E-state index contributed by atoms with van der Waals surface area (Å²) in [7, 11) is 3.55. The van der Waals surface area contributed by atoms with Gasteiger partial charge in [-0.1, -0.05) is 207 Å². The van der Waals surface area contributed by atoms with Crippen molar-refractivity contribution in [2.24, 2.45) is 5.92 Å². The largest absolute Gasteiger partial charge is 0.131 e. The zero-order valence-electron chi connectivity index (χ0n) is 28.3. The van der Waals surface area contributed by atoms with Gasteiger partial charge in [0, 0.05) is 0 Å². The Balaban J connectivity index is 4.84. The summed E-state index contributed by atoms with van der Waals surface area (Å²) in [4.78, 5) is 0. The van der Waals surface area contributed by atoms with Gasteiger partial charge in [-0.3, -0.25) is 0 Å². The standard InChI is InChI=1S/C38H79P/c1-5-9-13-17-21-22-23-24-26-30-34-37(33-29-25-18-14-10-6-2)38(39,35-31-27-19-15-11-7-3)36-32-28-20-16-12-8-4/h37H,5-36,39H2,1-4H3. The Morgan fingerprint density at radius 1 is 0.333 bits per heavy atom. The van der Waals surface area contributed by atoms with E-state index < -0.39 is 0 Å². The molecule has 0 aromatic carbocycles. The predicted octanol–water partition coefficient (Wildman–Crippen LogP) is 14.8. The fourth-order valence-corrected chi connectivity index (χ4v) is 7.51. The molecule has 0 radical (unpaired) electrons. The van der Waals surface area contributed by atoms with E-state index in [0.717, 1.165) is 5.92 Å². The van der Waals surface area contributed by atoms with Crippen molar-refractivity contribution in [3.05, 3.63) is 0 Å². The minimum absolute atomic E-state index is 0.512. The van der Waals surface area contributed by atoms with Gasteiger partial charge in [0.1, 0.15) is 0 Å². The van der Waals surface area contributed by atoms with Gasteiger partial charge in [-0.15, -0.1) is 9.24 Å². The molecular weight excluding hydrogens is 487 g/mol. The van der Waals surface area contributed by atoms with Gasteiger partial charge in [-0.2, -0.15) is 0 Å². The monoisotopic (exact) mass is 567 g/mol. The highest BCUT2D eigenvalue weighted by Gasteiger charge is 2.32. The van der Waals surface area contributed by atoms with E-state index in [1.807, 2.05) is 0 Å². The Morgan fingerprint density at radius 3 is 0.846 bits per heavy atom. The van der Waals surface area contributed by atoms with E-state index in [2.05, 4.69) is 36.9 Å². The van der Waals surface area contributed by atoms with Crippen LogP contribution in [0.2, 0.25) is 0 Å². The van der Waals surface area contributed by atoms with Crippen molar-refractivity contribution in [3.63, 3.8) is 0 Å². The molecule has 0 heterocycles. The Bertz CT molecular complexity index is 428. The molecule has 0 bridgehead atoms. The van der Waals surface area contributed by atoms with Crippen LogP contribution in [0.25, 0.3) is 0 Å². The van der Waals surface area contributed by atoms with E-state index in [4.69, 9.17) is 0 Å². The average Bonchev–Trinajstić information content (AvgIpc) is 2.94. The molecule has 39 heavy (non-hydrogen) atoms. The Hall–Kier alpha value is 0.430. The molecule has 0 amide bonds. The lowest BCUT2D eigenvalue weighted by Crippen LogP contribution is -2.32. The fourth-order valence-electron chi connectivity index (χ4n) is 6.77. The van der Waals surface area contributed by atoms with Gasteiger partial charge in [0.05, 0.1) is 0 Å². The number of hydrogen-bond donors (Lipinski definition) is 0. The first kappa shape index (κ1) is 39.4. The third kappa shape index (κ3) is 25.8. The van der Waals surface area contributed by atoms with Crippen molar-refractivity contribution in [2.75, 3.05) is 0 Å². The number of hydrogen-bond acceptors (Lipinski definition) is 0. The van der Waals surface area contributed by atoms with E-state index in [-0.39, 0.29) is 0 Å². The normalized spacial score (nSPS) is 12.8. The van der Waals surface area contributed by atoms with Crippen LogP contribution in [0.4, 0.5) is 0 Å². The lowest BCUT2D eigenvalue weighted by molar-refractivity contribution is 0.269. The maximum Gasteiger partial charge on any atom is -0.0122 e. The van der Waals surface area contributed by atoms with Crippen molar-refractivity contribution in [1.82, 2.24) is 0 Å². The summed E-state index contributed by atoms with van der Waals surface area (Å²) in [6.07, 6.45) is 46.6. The van der Waals surface area contributed by atoms with E-state index in [9.17, 15) is 0 Å². The predicted molar refractivity (Wildman–Crippen MR) is 186 cm³/mol. The zero-order valence-corrected chi connectivity index (χ0v) is 29.4. The van der Waals surface area contributed by atoms with E-state index in [1.54, 1.807) is 0 Å². The Labute approximate surface area is 253 Å². The topological polar surface area (TPSA) is 0 Å². The molecule has 0 saturated heterocycles. The molecule has 0 aromatic heterocycles. The first-order valence-corrected chi connectivity index (χ1v) is 19.5. The lowest BCUT2D eigenvalue weighted by Gasteiger charge is -2.39. The van der Waals surface area contributed by atoms with Gasteiger partial charge in [-0.25, -0.2) is 0 Å². The Kier molecular flexibility index (Phi) is 31.7. The van der Waals surface area contributed by atoms with Gasteiger partial charge in [0.15, 0.2) is 0 Å². The summed E-state index contributed by atoms with van der Waals surface area (Å²) < 4.78 is 0. The molecule has 0 spiro atoms. The smallest absolute Gasteiger partial charge is 0.0122 e. The second kappa shape index (κ2) is 31.4. The van der Waals surface area contributed by atoms with Crippen molar-refractivity contribution >= 4 is 9.24 Å². The number of rotatable bonds is 33. The van der Waals surface area contributed by atoms with E-state index in [1.165, 1.54) is 205 Å². The van der Waals surface area contributed by atoms with Crippen molar-refractivity contribution < 1.29 is 0 Å². The van der Waals surface area contributed by atoms with E-state index >= 15 is 0 Å². The highest BCUT2D eigenvalue weighted by molar-refractivity contribution is 7.19. The molecule has 0 aliphatic carbocycles. The molecule has 0 nitrogen and oxygen atoms in total. The minimum atomic E-state index is 0.512. The summed E-state index contributed by atoms with van der Waals surface area (Å²) >= 11 is 0. The molecule has 1 heteroatoms. The van der Waals surface area contributed by atoms with Gasteiger partial charge in [0.2, 0.25) is 0 Å². The maximum absolute atomic E-state index is 3.55. The molecule has 2 unspecified atom stereocenters. The third-order valence-electron chi connectivity index (χ3n) is 9.62. The summed E-state index contributed by atoms with van der Waals surface area (Å²) in [6, 6.07) is 0. The van der Waals surface area contributed by atoms with Crippen LogP contribution in [0.3, 0.4) is 0 Å². The molecule has 0 aliphatic rings. The third-order valence-corrected chi connectivity index (χ3v) is 10.7. The van der Waals surface area contributed by atoms with Crippen LogP contribution >= 0.6 is 9.24 Å². The van der Waals surface area contributed by atoms with Crippen molar-refractivity contribution in [2.45, 2.75) is 238 Å². The highest BCUT2D eigenvalue weighted by atomic mass is 31.0. The first-order chi connectivity index (χ1) is 19.1. The fraction of sp³-hybridized carbons (Fsp3) is 1.00. The molecule has 0 N–H and O–H groups in total. The molecule has 0 fully saturated rings. The van der Waals surface area contributed by atoms with Crippen LogP contribution in [-0.2, 0) is 0 Å². The summed E-state index contributed by atoms with van der Waals surface area (Å²) in [6.45, 7) is 9.35. The van der Waals surface area contributed by atoms with Crippen molar-refractivity contribution in [3.8, 4) is 0 Å². The second-order valence-electron chi connectivity index (χ2n) is 13.5. The van der Waals surface area contributed by atoms with Crippen LogP contribution in [0.5, 0.6) is 0 Å². The minimum Gasteiger partial charge on any atom is -0.131 e. The molecule has 0 rings (SSSR count). The van der Waals surface area contributed by atoms with Gasteiger partial charge in [0.25, 0.3) is 0 Å². The van der Waals surface area contributed by atoms with Crippen molar-refractivity contribution in [1.29, 1.82) is 0 Å².